The summed E-state index contributed by atoms with van der Waals surface area (Å²) in [5, 5.41) is 10.3. The van der Waals surface area contributed by atoms with Gasteiger partial charge in [-0.3, -0.25) is 0 Å². The van der Waals surface area contributed by atoms with Crippen LogP contribution in [-0.4, -0.2) is 56.2 Å². The summed E-state index contributed by atoms with van der Waals surface area (Å²) in [6, 6.07) is 35.2. The summed E-state index contributed by atoms with van der Waals surface area (Å²) in [7, 11) is -1.20. The third-order valence-corrected chi connectivity index (χ3v) is 11.7. The molecule has 0 aliphatic rings. The minimum Gasteiger partial charge on any atom is -0.402 e. The molecular formula is C52H79BNO3+. The molecular weight excluding hydrogens is 697 g/mol. The zero-order chi connectivity index (χ0) is 41.3. The molecule has 0 heterocycles. The smallest absolute Gasteiger partial charge is 0.402 e. The Kier molecular flexibility index (Phi) is 23.2. The lowest BCUT2D eigenvalue weighted by molar-refractivity contribution is -0.929. The second-order valence-electron chi connectivity index (χ2n) is 16.7. The van der Waals surface area contributed by atoms with Crippen LogP contribution in [0.5, 0.6) is 0 Å². The van der Waals surface area contributed by atoms with Crippen molar-refractivity contribution >= 4 is 7.32 Å². The Balaban J connectivity index is 0.000000432. The molecule has 0 unspecified atom stereocenters. The summed E-state index contributed by atoms with van der Waals surface area (Å²) in [5.74, 6) is 0.590. The molecule has 0 fully saturated rings. The first kappa shape index (κ1) is 48.2. The van der Waals surface area contributed by atoms with Crippen molar-refractivity contribution in [3.05, 3.63) is 142 Å². The molecule has 4 aromatic carbocycles. The SMILES string of the molecule is CCCC[N+](CCCC)(CCCC)CCCC.Cc1ccc(C(CCCOB(O)OCCCC(c2ccc(C)cc2)c2ccc(C)cc2)c2ccc(C)cc2)cc1. The number of rotatable bonds is 26. The van der Waals surface area contributed by atoms with E-state index < -0.39 is 7.32 Å². The summed E-state index contributed by atoms with van der Waals surface area (Å²) in [4.78, 5) is 0. The lowest BCUT2D eigenvalue weighted by atomic mass is 9.87. The number of unbranched alkanes of at least 4 members (excludes halogenated alkanes) is 4. The van der Waals surface area contributed by atoms with E-state index in [1.165, 1.54) is 127 Å². The van der Waals surface area contributed by atoms with Gasteiger partial charge in [0.2, 0.25) is 0 Å². The van der Waals surface area contributed by atoms with Gasteiger partial charge >= 0.3 is 7.32 Å². The molecule has 0 saturated heterocycles. The molecule has 0 saturated carbocycles. The van der Waals surface area contributed by atoms with Crippen LogP contribution >= 0.6 is 0 Å². The summed E-state index contributed by atoms with van der Waals surface area (Å²) < 4.78 is 12.7. The Morgan fingerprint density at radius 1 is 0.421 bits per heavy atom. The van der Waals surface area contributed by atoms with Gasteiger partial charge in [0.05, 0.1) is 26.2 Å². The molecule has 4 aromatic rings. The van der Waals surface area contributed by atoms with Crippen LogP contribution in [0.1, 0.15) is 161 Å². The predicted molar refractivity (Wildman–Crippen MR) is 246 cm³/mol. The third kappa shape index (κ3) is 18.1. The van der Waals surface area contributed by atoms with Gasteiger partial charge in [-0.05, 0) is 101 Å². The van der Waals surface area contributed by atoms with E-state index in [1.54, 1.807) is 0 Å². The van der Waals surface area contributed by atoms with E-state index in [-0.39, 0.29) is 0 Å². The first-order valence-electron chi connectivity index (χ1n) is 22.7. The first-order chi connectivity index (χ1) is 27.6. The van der Waals surface area contributed by atoms with Crippen molar-refractivity contribution in [3.8, 4) is 0 Å². The van der Waals surface area contributed by atoms with Gasteiger partial charge in [-0.15, -0.1) is 0 Å². The second-order valence-corrected chi connectivity index (χ2v) is 16.7. The Hall–Kier alpha value is -3.22. The van der Waals surface area contributed by atoms with Crippen molar-refractivity contribution in [1.29, 1.82) is 0 Å². The lowest BCUT2D eigenvalue weighted by Crippen LogP contribution is -2.50. The number of nitrogens with zero attached hydrogens (tertiary/aromatic N) is 1. The van der Waals surface area contributed by atoms with Gasteiger partial charge in [0, 0.05) is 25.0 Å². The third-order valence-electron chi connectivity index (χ3n) is 11.7. The van der Waals surface area contributed by atoms with Gasteiger partial charge in [0.1, 0.15) is 0 Å². The van der Waals surface area contributed by atoms with Gasteiger partial charge in [-0.2, -0.15) is 0 Å². The van der Waals surface area contributed by atoms with Gasteiger partial charge in [0.15, 0.2) is 0 Å². The predicted octanol–water partition coefficient (Wildman–Crippen LogP) is 13.5. The maximum atomic E-state index is 10.3. The molecule has 0 aliphatic heterocycles. The molecule has 312 valence electrons. The molecule has 57 heavy (non-hydrogen) atoms. The zero-order valence-corrected chi connectivity index (χ0v) is 37.4. The Labute approximate surface area is 350 Å². The van der Waals surface area contributed by atoms with Crippen LogP contribution in [-0.2, 0) is 9.31 Å². The fourth-order valence-corrected chi connectivity index (χ4v) is 7.88. The minimum atomic E-state index is -1.20. The number of hydrogen-bond acceptors (Lipinski definition) is 3. The van der Waals surface area contributed by atoms with Crippen molar-refractivity contribution < 1.29 is 18.8 Å². The highest BCUT2D eigenvalue weighted by Gasteiger charge is 2.25. The average Bonchev–Trinajstić information content (AvgIpc) is 3.22. The highest BCUT2D eigenvalue weighted by Crippen LogP contribution is 2.31. The first-order valence-corrected chi connectivity index (χ1v) is 22.7. The minimum absolute atomic E-state index is 0.295. The van der Waals surface area contributed by atoms with Crippen LogP contribution in [0, 0.1) is 27.7 Å². The van der Waals surface area contributed by atoms with Crippen LogP contribution < -0.4 is 0 Å². The van der Waals surface area contributed by atoms with E-state index in [9.17, 15) is 5.02 Å². The van der Waals surface area contributed by atoms with Crippen LogP contribution in [0.25, 0.3) is 0 Å². The summed E-state index contributed by atoms with van der Waals surface area (Å²) in [6.07, 6.45) is 14.6. The van der Waals surface area contributed by atoms with E-state index >= 15 is 0 Å². The van der Waals surface area contributed by atoms with E-state index in [0.29, 0.717) is 25.0 Å². The molecule has 0 spiro atoms. The van der Waals surface area contributed by atoms with E-state index in [2.05, 4.69) is 152 Å². The molecule has 0 atom stereocenters. The quantitative estimate of drug-likeness (QED) is 0.0392. The molecule has 0 amide bonds. The van der Waals surface area contributed by atoms with Crippen molar-refractivity contribution in [3.63, 3.8) is 0 Å². The van der Waals surface area contributed by atoms with E-state index in [1.807, 2.05) is 0 Å². The topological polar surface area (TPSA) is 38.7 Å². The number of aryl methyl sites for hydroxylation is 4. The maximum absolute atomic E-state index is 10.3. The Morgan fingerprint density at radius 3 is 0.895 bits per heavy atom. The molecule has 1 N–H and O–H groups in total. The molecule has 4 rings (SSSR count). The molecule has 5 heteroatoms. The van der Waals surface area contributed by atoms with E-state index in [4.69, 9.17) is 9.31 Å². The standard InChI is InChI=1S/C36H43BO3.C16H36N/c1-27-9-17-31(18-10-27)35(32-19-11-28(2)12-20-32)7-5-25-39-37(38)40-26-6-8-36(33-21-13-29(3)14-22-33)34-23-15-30(4)16-24-34;1-5-9-13-17(14-10-6-2,15-11-7-3)16-12-8-4/h9-24,35-36,38H,5-8,25-26H2,1-4H3;5-16H2,1-4H3/q;+1. The number of hydrogen-bond donors (Lipinski definition) is 1. The highest BCUT2D eigenvalue weighted by molar-refractivity contribution is 6.34. The molecule has 0 radical (unpaired) electrons. The van der Waals surface area contributed by atoms with Crippen LogP contribution in [0.2, 0.25) is 0 Å². The highest BCUT2D eigenvalue weighted by atomic mass is 16.7. The Morgan fingerprint density at radius 2 is 0.667 bits per heavy atom. The number of quaternary nitrogens is 1. The normalized spacial score (nSPS) is 11.6. The monoisotopic (exact) mass is 777 g/mol. The van der Waals surface area contributed by atoms with Crippen molar-refractivity contribution in [1.82, 2.24) is 0 Å². The second kappa shape index (κ2) is 27.5. The summed E-state index contributed by atoms with van der Waals surface area (Å²) >= 11 is 0. The summed E-state index contributed by atoms with van der Waals surface area (Å²) in [5.41, 5.74) is 10.3. The molecule has 0 bridgehead atoms. The zero-order valence-electron chi connectivity index (χ0n) is 37.4. The molecule has 4 nitrogen and oxygen atoms in total. The average molecular weight is 777 g/mol. The van der Waals surface area contributed by atoms with Gasteiger partial charge in [-0.1, -0.05) is 173 Å². The number of benzene rings is 4. The Bertz CT molecular complexity index is 1360. The van der Waals surface area contributed by atoms with Crippen LogP contribution in [0.3, 0.4) is 0 Å². The van der Waals surface area contributed by atoms with Crippen molar-refractivity contribution in [2.75, 3.05) is 39.4 Å². The molecule has 0 aromatic heterocycles. The maximum Gasteiger partial charge on any atom is 0.636 e. The van der Waals surface area contributed by atoms with Crippen LogP contribution in [0.4, 0.5) is 0 Å². The van der Waals surface area contributed by atoms with Gasteiger partial charge in [0.25, 0.3) is 0 Å². The fraction of sp³-hybridized carbons (Fsp3) is 0.538. The van der Waals surface area contributed by atoms with Gasteiger partial charge < -0.3 is 18.8 Å². The fourth-order valence-electron chi connectivity index (χ4n) is 7.88. The van der Waals surface area contributed by atoms with Crippen molar-refractivity contribution in [2.24, 2.45) is 0 Å². The summed E-state index contributed by atoms with van der Waals surface area (Å²) in [6.45, 7) is 24.4. The van der Waals surface area contributed by atoms with Gasteiger partial charge in [-0.25, -0.2) is 0 Å². The van der Waals surface area contributed by atoms with Crippen molar-refractivity contribution in [2.45, 2.75) is 144 Å². The largest absolute Gasteiger partial charge is 0.636 e. The molecule has 0 aliphatic carbocycles. The lowest BCUT2D eigenvalue weighted by Gasteiger charge is -2.39. The van der Waals surface area contributed by atoms with Crippen LogP contribution in [0.15, 0.2) is 97.1 Å². The van der Waals surface area contributed by atoms with E-state index in [0.717, 1.165) is 25.7 Å².